The van der Waals surface area contributed by atoms with Gasteiger partial charge in [0.25, 0.3) is 0 Å². The minimum Gasteiger partial charge on any atom is -0.481 e. The fourth-order valence-corrected chi connectivity index (χ4v) is 2.26. The van der Waals surface area contributed by atoms with Crippen LogP contribution in [0.1, 0.15) is 43.7 Å². The number of carbonyl (C=O) groups excluding carboxylic acids is 1. The van der Waals surface area contributed by atoms with E-state index in [9.17, 15) is 22.8 Å². The van der Waals surface area contributed by atoms with E-state index in [4.69, 9.17) is 5.11 Å². The van der Waals surface area contributed by atoms with Crippen molar-refractivity contribution in [3.8, 4) is 0 Å². The maximum absolute atomic E-state index is 12.9. The Morgan fingerprint density at radius 2 is 1.78 bits per heavy atom. The van der Waals surface area contributed by atoms with E-state index >= 15 is 0 Å². The van der Waals surface area contributed by atoms with Gasteiger partial charge in [0.15, 0.2) is 0 Å². The number of nitrogens with one attached hydrogen (secondary N) is 1. The van der Waals surface area contributed by atoms with Crippen LogP contribution in [0.5, 0.6) is 0 Å². The van der Waals surface area contributed by atoms with Gasteiger partial charge in [-0.2, -0.15) is 13.2 Å². The quantitative estimate of drug-likeness (QED) is 0.718. The summed E-state index contributed by atoms with van der Waals surface area (Å²) in [6.07, 6.45) is -3.34. The van der Waals surface area contributed by atoms with Crippen LogP contribution in [0, 0.1) is 0 Å². The number of carboxylic acids is 1. The van der Waals surface area contributed by atoms with E-state index in [2.05, 4.69) is 5.32 Å². The Bertz CT molecular complexity index is 544. The molecule has 7 heteroatoms. The Balaban J connectivity index is 2.49. The van der Waals surface area contributed by atoms with Gasteiger partial charge >= 0.3 is 12.1 Å². The average molecular weight is 331 g/mol. The summed E-state index contributed by atoms with van der Waals surface area (Å²) >= 11 is 0. The minimum absolute atomic E-state index is 0.00178. The van der Waals surface area contributed by atoms with Crippen molar-refractivity contribution in [1.29, 1.82) is 0 Å². The largest absolute Gasteiger partial charge is 0.481 e. The lowest BCUT2D eigenvalue weighted by Gasteiger charge is -2.17. The molecule has 0 aliphatic rings. The first-order valence-electron chi connectivity index (χ1n) is 7.36. The van der Waals surface area contributed by atoms with E-state index in [1.165, 1.54) is 18.2 Å². The predicted octanol–water partition coefficient (Wildman–Crippen LogP) is 3.40. The lowest BCUT2D eigenvalue weighted by Crippen LogP contribution is -2.34. The van der Waals surface area contributed by atoms with Gasteiger partial charge in [-0.15, -0.1) is 0 Å². The van der Waals surface area contributed by atoms with Crippen molar-refractivity contribution < 1.29 is 27.9 Å². The van der Waals surface area contributed by atoms with Crippen molar-refractivity contribution in [2.45, 2.75) is 51.2 Å². The third-order valence-corrected chi connectivity index (χ3v) is 3.30. The molecule has 0 saturated heterocycles. The Labute approximate surface area is 132 Å². The number of carbonyl (C=O) groups is 2. The number of amides is 1. The zero-order valence-electron chi connectivity index (χ0n) is 12.8. The number of halogens is 3. The maximum atomic E-state index is 12.9. The molecule has 0 fully saturated rings. The number of hydrogen-bond acceptors (Lipinski definition) is 2. The molecule has 0 spiro atoms. The third-order valence-electron chi connectivity index (χ3n) is 3.30. The monoisotopic (exact) mass is 331 g/mol. The van der Waals surface area contributed by atoms with Gasteiger partial charge < -0.3 is 10.4 Å². The Hall–Kier alpha value is -2.05. The molecule has 1 aromatic rings. The van der Waals surface area contributed by atoms with Gasteiger partial charge in [0, 0.05) is 18.9 Å². The first kappa shape index (κ1) is 19.0. The summed E-state index contributed by atoms with van der Waals surface area (Å²) in [5, 5.41) is 11.1. The van der Waals surface area contributed by atoms with E-state index in [0.717, 1.165) is 6.07 Å². The van der Waals surface area contributed by atoms with E-state index in [-0.39, 0.29) is 30.7 Å². The summed E-state index contributed by atoms with van der Waals surface area (Å²) in [6.45, 7) is 1.64. The SMILES string of the molecule is CC(Cc1ccccc1C(F)(F)F)NC(=O)CCCCC(=O)O. The molecular weight excluding hydrogens is 311 g/mol. The van der Waals surface area contributed by atoms with Crippen LogP contribution < -0.4 is 5.32 Å². The summed E-state index contributed by atoms with van der Waals surface area (Å²) in [5.41, 5.74) is -0.554. The molecule has 23 heavy (non-hydrogen) atoms. The highest BCUT2D eigenvalue weighted by Gasteiger charge is 2.33. The maximum Gasteiger partial charge on any atom is 0.416 e. The van der Waals surface area contributed by atoms with E-state index < -0.39 is 23.8 Å². The van der Waals surface area contributed by atoms with Crippen molar-refractivity contribution >= 4 is 11.9 Å². The summed E-state index contributed by atoms with van der Waals surface area (Å²) in [6, 6.07) is 4.85. The molecule has 4 nitrogen and oxygen atoms in total. The predicted molar refractivity (Wildman–Crippen MR) is 78.9 cm³/mol. The van der Waals surface area contributed by atoms with Crippen LogP contribution in [0.3, 0.4) is 0 Å². The molecule has 1 atom stereocenters. The van der Waals surface area contributed by atoms with Gasteiger partial charge in [-0.05, 0) is 37.8 Å². The second kappa shape index (κ2) is 8.55. The molecule has 1 rings (SSSR count). The zero-order chi connectivity index (χ0) is 17.5. The lowest BCUT2D eigenvalue weighted by atomic mass is 10.0. The van der Waals surface area contributed by atoms with Crippen LogP contribution in [0.25, 0.3) is 0 Å². The fourth-order valence-electron chi connectivity index (χ4n) is 2.26. The topological polar surface area (TPSA) is 66.4 Å². The first-order chi connectivity index (χ1) is 10.7. The molecule has 0 aliphatic heterocycles. The van der Waals surface area contributed by atoms with Crippen LogP contribution >= 0.6 is 0 Å². The van der Waals surface area contributed by atoms with Crippen LogP contribution in [-0.2, 0) is 22.2 Å². The lowest BCUT2D eigenvalue weighted by molar-refractivity contribution is -0.138. The number of unbranched alkanes of at least 4 members (excludes halogenated alkanes) is 1. The van der Waals surface area contributed by atoms with Crippen molar-refractivity contribution in [3.63, 3.8) is 0 Å². The van der Waals surface area contributed by atoms with Gasteiger partial charge in [0.05, 0.1) is 5.56 Å². The highest BCUT2D eigenvalue weighted by atomic mass is 19.4. The van der Waals surface area contributed by atoms with Crippen molar-refractivity contribution in [3.05, 3.63) is 35.4 Å². The van der Waals surface area contributed by atoms with Gasteiger partial charge in [-0.25, -0.2) is 0 Å². The summed E-state index contributed by atoms with van der Waals surface area (Å²) < 4.78 is 38.7. The number of hydrogen-bond donors (Lipinski definition) is 2. The van der Waals surface area contributed by atoms with Crippen LogP contribution in [0.15, 0.2) is 24.3 Å². The molecule has 0 radical (unpaired) electrons. The highest BCUT2D eigenvalue weighted by Crippen LogP contribution is 2.32. The van der Waals surface area contributed by atoms with Gasteiger partial charge in [0.1, 0.15) is 0 Å². The Morgan fingerprint density at radius 3 is 2.39 bits per heavy atom. The summed E-state index contributed by atoms with van der Waals surface area (Å²) in [5.74, 6) is -1.20. The summed E-state index contributed by atoms with van der Waals surface area (Å²) in [4.78, 5) is 22.0. The molecule has 2 N–H and O–H groups in total. The Kier molecular flexibility index (Phi) is 7.06. The molecular formula is C16H20F3NO3. The molecule has 0 saturated carbocycles. The molecule has 0 bridgehead atoms. The Morgan fingerprint density at radius 1 is 1.17 bits per heavy atom. The van der Waals surface area contributed by atoms with Gasteiger partial charge in [-0.3, -0.25) is 9.59 Å². The zero-order valence-corrected chi connectivity index (χ0v) is 12.8. The standard InChI is InChI=1S/C16H20F3NO3/c1-11(20-14(21)8-4-5-9-15(22)23)10-12-6-2-3-7-13(12)16(17,18)19/h2-3,6-7,11H,4-5,8-10H2,1H3,(H,20,21)(H,22,23). The molecule has 128 valence electrons. The molecule has 1 unspecified atom stereocenters. The molecule has 0 heterocycles. The van der Waals surface area contributed by atoms with E-state index in [0.29, 0.717) is 12.8 Å². The second-order valence-corrected chi connectivity index (χ2v) is 5.43. The molecule has 0 aliphatic carbocycles. The number of alkyl halides is 3. The molecule has 0 aromatic heterocycles. The molecule has 1 amide bonds. The highest BCUT2D eigenvalue weighted by molar-refractivity contribution is 5.76. The van der Waals surface area contributed by atoms with E-state index in [1.807, 2.05) is 0 Å². The van der Waals surface area contributed by atoms with Crippen LogP contribution in [0.2, 0.25) is 0 Å². The van der Waals surface area contributed by atoms with E-state index in [1.54, 1.807) is 6.92 Å². The van der Waals surface area contributed by atoms with Crippen molar-refractivity contribution in [1.82, 2.24) is 5.32 Å². The summed E-state index contributed by atoms with van der Waals surface area (Å²) in [7, 11) is 0. The smallest absolute Gasteiger partial charge is 0.416 e. The fraction of sp³-hybridized carbons (Fsp3) is 0.500. The van der Waals surface area contributed by atoms with Gasteiger partial charge in [-0.1, -0.05) is 18.2 Å². The third kappa shape index (κ3) is 7.17. The van der Waals surface area contributed by atoms with Crippen molar-refractivity contribution in [2.24, 2.45) is 0 Å². The van der Waals surface area contributed by atoms with Gasteiger partial charge in [0.2, 0.25) is 5.91 Å². The average Bonchev–Trinajstić information content (AvgIpc) is 2.42. The normalized spacial score (nSPS) is 12.7. The molecule has 1 aromatic carbocycles. The van der Waals surface area contributed by atoms with Crippen LogP contribution in [-0.4, -0.2) is 23.0 Å². The first-order valence-corrected chi connectivity index (χ1v) is 7.36. The number of aliphatic carboxylic acids is 1. The second-order valence-electron chi connectivity index (χ2n) is 5.43. The number of rotatable bonds is 8. The van der Waals surface area contributed by atoms with Crippen molar-refractivity contribution in [2.75, 3.05) is 0 Å². The minimum atomic E-state index is -4.42. The van der Waals surface area contributed by atoms with Crippen LogP contribution in [0.4, 0.5) is 13.2 Å². The number of benzene rings is 1. The number of carboxylic acid groups (broad SMARTS) is 1.